The maximum absolute atomic E-state index is 6.20. The van der Waals surface area contributed by atoms with Gasteiger partial charge in [0.1, 0.15) is 11.2 Å². The Balaban J connectivity index is 1.01. The summed E-state index contributed by atoms with van der Waals surface area (Å²) in [5.41, 5.74) is 16.3. The van der Waals surface area contributed by atoms with Crippen molar-refractivity contribution in [2.75, 3.05) is 0 Å². The fourth-order valence-corrected chi connectivity index (χ4v) is 8.84. The number of rotatable bonds is 3. The van der Waals surface area contributed by atoms with E-state index in [-0.39, 0.29) is 0 Å². The van der Waals surface area contributed by atoms with Crippen molar-refractivity contribution in [2.45, 2.75) is 0 Å². The maximum atomic E-state index is 6.20. The van der Waals surface area contributed by atoms with Gasteiger partial charge >= 0.3 is 0 Å². The van der Waals surface area contributed by atoms with E-state index in [1.54, 1.807) is 0 Å². The molecule has 3 nitrogen and oxygen atoms in total. The standard InChI is InChI=1S/C49H28N2O/c1-2-9-35-34(8-1)38-13-7-12-37-33(22-23-39(35)48(37)38)30-18-16-29(17-19-30)31-20-24-45-41(26-31)43-28-50-44-14-5-3-11-40(44)49(43)51(45)32-21-25-47-42(27-32)36-10-4-6-15-46(36)52-47/h1-28H. The molecule has 0 atom stereocenters. The van der Waals surface area contributed by atoms with Crippen molar-refractivity contribution in [3.63, 3.8) is 0 Å². The van der Waals surface area contributed by atoms with Crippen molar-refractivity contribution in [3.8, 4) is 50.2 Å². The van der Waals surface area contributed by atoms with E-state index in [2.05, 4.69) is 156 Å². The van der Waals surface area contributed by atoms with E-state index in [0.29, 0.717) is 0 Å². The second-order valence-electron chi connectivity index (χ2n) is 13.9. The van der Waals surface area contributed by atoms with Crippen molar-refractivity contribution >= 4 is 65.4 Å². The van der Waals surface area contributed by atoms with Gasteiger partial charge in [0.25, 0.3) is 0 Å². The van der Waals surface area contributed by atoms with Gasteiger partial charge in [-0.3, -0.25) is 4.98 Å². The van der Waals surface area contributed by atoms with E-state index in [0.717, 1.165) is 54.9 Å². The van der Waals surface area contributed by atoms with Gasteiger partial charge in [0.15, 0.2) is 0 Å². The molecule has 1 aliphatic rings. The first-order chi connectivity index (χ1) is 25.8. The van der Waals surface area contributed by atoms with E-state index in [9.17, 15) is 0 Å². The molecule has 52 heavy (non-hydrogen) atoms. The van der Waals surface area contributed by atoms with E-state index >= 15 is 0 Å². The van der Waals surface area contributed by atoms with Gasteiger partial charge in [0.2, 0.25) is 0 Å². The van der Waals surface area contributed by atoms with Gasteiger partial charge in [-0.1, -0.05) is 121 Å². The Kier molecular flexibility index (Phi) is 5.50. The number of hydrogen-bond acceptors (Lipinski definition) is 2. The number of furan rings is 1. The summed E-state index contributed by atoms with van der Waals surface area (Å²) < 4.78 is 8.60. The second-order valence-corrected chi connectivity index (χ2v) is 13.9. The predicted octanol–water partition coefficient (Wildman–Crippen LogP) is 13.4. The van der Waals surface area contributed by atoms with Crippen molar-refractivity contribution < 1.29 is 4.42 Å². The molecule has 3 heteroatoms. The Labute approximate surface area is 298 Å². The van der Waals surface area contributed by atoms with E-state index < -0.39 is 0 Å². The normalized spacial score (nSPS) is 12.2. The van der Waals surface area contributed by atoms with E-state index in [1.807, 2.05) is 18.3 Å². The van der Waals surface area contributed by atoms with Gasteiger partial charge in [0, 0.05) is 38.8 Å². The molecule has 1 aliphatic carbocycles. The highest BCUT2D eigenvalue weighted by molar-refractivity contribution is 6.20. The Hall–Kier alpha value is -6.97. The molecule has 0 saturated heterocycles. The lowest BCUT2D eigenvalue weighted by Gasteiger charge is -2.11. The van der Waals surface area contributed by atoms with Gasteiger partial charge in [0.05, 0.1) is 16.6 Å². The molecule has 0 radical (unpaired) electrons. The topological polar surface area (TPSA) is 31.0 Å². The zero-order valence-electron chi connectivity index (χ0n) is 28.0. The SMILES string of the molecule is c1ccc2c(c1)-c1cccc3c(-c4ccc(-c5ccc6c(c5)c5cnc7ccccc7c5n6-c5ccc6oc7ccccc7c6c5)cc4)ccc-2c13. The van der Waals surface area contributed by atoms with Crippen LogP contribution in [0.25, 0.3) is 116 Å². The van der Waals surface area contributed by atoms with Crippen LogP contribution in [0, 0.1) is 0 Å². The van der Waals surface area contributed by atoms with Crippen LogP contribution in [0.2, 0.25) is 0 Å². The van der Waals surface area contributed by atoms with Crippen LogP contribution in [0.4, 0.5) is 0 Å². The first-order valence-corrected chi connectivity index (χ1v) is 17.8. The van der Waals surface area contributed by atoms with Crippen LogP contribution >= 0.6 is 0 Å². The van der Waals surface area contributed by atoms with Gasteiger partial charge in [-0.05, 0) is 97.7 Å². The number of fused-ring (bicyclic) bond motifs is 11. The number of nitrogens with zero attached hydrogens (tertiary/aromatic N) is 2. The summed E-state index contributed by atoms with van der Waals surface area (Å²) in [6, 6.07) is 59.2. The molecule has 12 rings (SSSR count). The lowest BCUT2D eigenvalue weighted by atomic mass is 9.93. The monoisotopic (exact) mass is 660 g/mol. The number of pyridine rings is 1. The van der Waals surface area contributed by atoms with Gasteiger partial charge < -0.3 is 8.98 Å². The van der Waals surface area contributed by atoms with E-state index in [1.165, 1.54) is 60.7 Å². The van der Waals surface area contributed by atoms with Crippen LogP contribution in [0.3, 0.4) is 0 Å². The molecule has 3 heterocycles. The Bertz CT molecular complexity index is 3260. The predicted molar refractivity (Wildman–Crippen MR) is 216 cm³/mol. The third-order valence-corrected chi connectivity index (χ3v) is 11.2. The summed E-state index contributed by atoms with van der Waals surface area (Å²) in [5.74, 6) is 0. The fraction of sp³-hybridized carbons (Fsp3) is 0. The van der Waals surface area contributed by atoms with Crippen LogP contribution in [-0.2, 0) is 0 Å². The molecule has 8 aromatic carbocycles. The summed E-state index contributed by atoms with van der Waals surface area (Å²) in [4.78, 5) is 4.92. The number of hydrogen-bond donors (Lipinski definition) is 0. The third-order valence-electron chi connectivity index (χ3n) is 11.2. The molecular formula is C49H28N2O. The largest absolute Gasteiger partial charge is 0.456 e. The number of benzene rings is 8. The van der Waals surface area contributed by atoms with Crippen molar-refractivity contribution in [1.29, 1.82) is 0 Å². The molecule has 0 N–H and O–H groups in total. The van der Waals surface area contributed by atoms with Crippen molar-refractivity contribution in [2.24, 2.45) is 0 Å². The fourth-order valence-electron chi connectivity index (χ4n) is 8.84. The molecule has 240 valence electrons. The van der Waals surface area contributed by atoms with Crippen LogP contribution < -0.4 is 0 Å². The maximum Gasteiger partial charge on any atom is 0.135 e. The van der Waals surface area contributed by atoms with Crippen LogP contribution in [0.5, 0.6) is 0 Å². The highest BCUT2D eigenvalue weighted by Gasteiger charge is 2.22. The molecule has 0 saturated carbocycles. The zero-order chi connectivity index (χ0) is 33.9. The summed E-state index contributed by atoms with van der Waals surface area (Å²) >= 11 is 0. The minimum absolute atomic E-state index is 0.894. The van der Waals surface area contributed by atoms with Crippen LogP contribution in [0.15, 0.2) is 174 Å². The molecule has 0 fully saturated rings. The lowest BCUT2D eigenvalue weighted by molar-refractivity contribution is 0.669. The minimum atomic E-state index is 0.894. The molecule has 3 aromatic heterocycles. The Morgan fingerprint density at radius 2 is 1.08 bits per heavy atom. The first kappa shape index (κ1) is 27.8. The van der Waals surface area contributed by atoms with Crippen LogP contribution in [-0.4, -0.2) is 9.55 Å². The van der Waals surface area contributed by atoms with Gasteiger partial charge in [-0.2, -0.15) is 0 Å². The second kappa shape index (κ2) is 10.3. The van der Waals surface area contributed by atoms with E-state index in [4.69, 9.17) is 9.40 Å². The Morgan fingerprint density at radius 3 is 1.96 bits per heavy atom. The molecule has 0 bridgehead atoms. The molecule has 11 aromatic rings. The first-order valence-electron chi connectivity index (χ1n) is 17.8. The number of aromatic nitrogens is 2. The average Bonchev–Trinajstić information content (AvgIpc) is 3.86. The molecule has 0 unspecified atom stereocenters. The quantitative estimate of drug-likeness (QED) is 0.189. The van der Waals surface area contributed by atoms with Gasteiger partial charge in [-0.15, -0.1) is 0 Å². The Morgan fingerprint density at radius 1 is 0.404 bits per heavy atom. The lowest BCUT2D eigenvalue weighted by Crippen LogP contribution is -1.95. The van der Waals surface area contributed by atoms with Gasteiger partial charge in [-0.25, -0.2) is 0 Å². The smallest absolute Gasteiger partial charge is 0.135 e. The number of para-hydroxylation sites is 2. The van der Waals surface area contributed by atoms with Crippen molar-refractivity contribution in [1.82, 2.24) is 9.55 Å². The highest BCUT2D eigenvalue weighted by atomic mass is 16.3. The highest BCUT2D eigenvalue weighted by Crippen LogP contribution is 2.49. The van der Waals surface area contributed by atoms with Crippen molar-refractivity contribution in [3.05, 3.63) is 170 Å². The summed E-state index contributed by atoms with van der Waals surface area (Å²) in [7, 11) is 0. The van der Waals surface area contributed by atoms with Crippen LogP contribution in [0.1, 0.15) is 0 Å². The molecule has 0 spiro atoms. The molecule has 0 aliphatic heterocycles. The molecular weight excluding hydrogens is 633 g/mol. The summed E-state index contributed by atoms with van der Waals surface area (Å²) in [6.45, 7) is 0. The third kappa shape index (κ3) is 3.77. The summed E-state index contributed by atoms with van der Waals surface area (Å²) in [5, 5.41) is 8.34. The minimum Gasteiger partial charge on any atom is -0.456 e. The summed E-state index contributed by atoms with van der Waals surface area (Å²) in [6.07, 6.45) is 2.04. The molecule has 0 amide bonds. The zero-order valence-corrected chi connectivity index (χ0v) is 28.0. The average molecular weight is 661 g/mol.